The molecule has 1 aliphatic heterocycles. The molecule has 4 nitrogen and oxygen atoms in total. The molecular weight excluding hydrogens is 303 g/mol. The Hall–Kier alpha value is 0.150. The standard InChI is InChI=1S/C9H13ClN2O2S2.ClH/c1-7-6-11-4-5-12(7)16(13,14)9-3-2-8(10)15-9;/h2-3,7,11H,4-6H2,1H3;1H/t7-;/m0./s1. The molecule has 0 unspecified atom stereocenters. The van der Waals surface area contributed by atoms with Crippen LogP contribution in [0.4, 0.5) is 0 Å². The molecule has 1 atom stereocenters. The van der Waals surface area contributed by atoms with Crippen LogP contribution in [0.25, 0.3) is 0 Å². The van der Waals surface area contributed by atoms with Crippen LogP contribution in [0.3, 0.4) is 0 Å². The first-order valence-electron chi connectivity index (χ1n) is 5.00. The quantitative estimate of drug-likeness (QED) is 0.905. The first kappa shape index (κ1) is 15.2. The fourth-order valence-electron chi connectivity index (χ4n) is 1.73. The maximum absolute atomic E-state index is 12.3. The van der Waals surface area contributed by atoms with Gasteiger partial charge in [0, 0.05) is 25.7 Å². The van der Waals surface area contributed by atoms with E-state index in [0.29, 0.717) is 28.2 Å². The van der Waals surface area contributed by atoms with Gasteiger partial charge in [-0.05, 0) is 19.1 Å². The van der Waals surface area contributed by atoms with E-state index in [0.717, 1.165) is 11.3 Å². The minimum atomic E-state index is -3.36. The highest BCUT2D eigenvalue weighted by atomic mass is 35.5. The number of sulfonamides is 1. The molecule has 0 radical (unpaired) electrons. The predicted octanol–water partition coefficient (Wildman–Crippen LogP) is 1.81. The van der Waals surface area contributed by atoms with Gasteiger partial charge in [-0.1, -0.05) is 11.6 Å². The summed E-state index contributed by atoms with van der Waals surface area (Å²) in [6, 6.07) is 3.17. The van der Waals surface area contributed by atoms with Crippen LogP contribution < -0.4 is 5.32 Å². The van der Waals surface area contributed by atoms with Crippen LogP contribution in [0.5, 0.6) is 0 Å². The van der Waals surface area contributed by atoms with E-state index in [1.807, 2.05) is 6.92 Å². The number of piperazine rings is 1. The Kier molecular flexibility index (Phi) is 5.24. The van der Waals surface area contributed by atoms with Gasteiger partial charge in [-0.2, -0.15) is 4.31 Å². The van der Waals surface area contributed by atoms with Crippen LogP contribution in [0.2, 0.25) is 4.34 Å². The molecule has 1 fully saturated rings. The van der Waals surface area contributed by atoms with E-state index in [-0.39, 0.29) is 18.4 Å². The lowest BCUT2D eigenvalue weighted by Crippen LogP contribution is -2.51. The number of rotatable bonds is 2. The molecular formula is C9H14Cl2N2O2S2. The van der Waals surface area contributed by atoms with Crippen LogP contribution in [0, 0.1) is 0 Å². The van der Waals surface area contributed by atoms with Gasteiger partial charge in [0.2, 0.25) is 0 Å². The summed E-state index contributed by atoms with van der Waals surface area (Å²) in [6.07, 6.45) is 0. The molecule has 0 amide bonds. The second kappa shape index (κ2) is 5.86. The summed E-state index contributed by atoms with van der Waals surface area (Å²) in [5, 5.41) is 3.16. The molecule has 98 valence electrons. The lowest BCUT2D eigenvalue weighted by Gasteiger charge is -2.32. The van der Waals surface area contributed by atoms with Gasteiger partial charge in [-0.15, -0.1) is 23.7 Å². The number of thiophene rings is 1. The van der Waals surface area contributed by atoms with E-state index in [9.17, 15) is 8.42 Å². The molecule has 1 N–H and O–H groups in total. The third kappa shape index (κ3) is 3.13. The van der Waals surface area contributed by atoms with Crippen molar-refractivity contribution in [2.24, 2.45) is 0 Å². The SMILES string of the molecule is C[C@H]1CNCCN1S(=O)(=O)c1ccc(Cl)s1.Cl. The summed E-state index contributed by atoms with van der Waals surface area (Å²) in [5.41, 5.74) is 0. The molecule has 0 bridgehead atoms. The van der Waals surface area contributed by atoms with E-state index < -0.39 is 10.0 Å². The van der Waals surface area contributed by atoms with Crippen molar-refractivity contribution in [3.8, 4) is 0 Å². The zero-order valence-electron chi connectivity index (χ0n) is 9.22. The Morgan fingerprint density at radius 2 is 2.24 bits per heavy atom. The van der Waals surface area contributed by atoms with Gasteiger partial charge in [0.1, 0.15) is 4.21 Å². The van der Waals surface area contributed by atoms with Crippen LogP contribution >= 0.6 is 35.3 Å². The van der Waals surface area contributed by atoms with Crippen molar-refractivity contribution < 1.29 is 8.42 Å². The summed E-state index contributed by atoms with van der Waals surface area (Å²) in [5.74, 6) is 0. The van der Waals surface area contributed by atoms with Crippen LogP contribution in [-0.2, 0) is 10.0 Å². The zero-order chi connectivity index (χ0) is 11.8. The van der Waals surface area contributed by atoms with Crippen molar-refractivity contribution in [1.82, 2.24) is 9.62 Å². The van der Waals surface area contributed by atoms with Gasteiger partial charge in [0.25, 0.3) is 10.0 Å². The van der Waals surface area contributed by atoms with Gasteiger partial charge >= 0.3 is 0 Å². The Bertz CT molecular complexity index is 475. The highest BCUT2D eigenvalue weighted by Crippen LogP contribution is 2.29. The summed E-state index contributed by atoms with van der Waals surface area (Å²) >= 11 is 6.87. The van der Waals surface area contributed by atoms with E-state index >= 15 is 0 Å². The van der Waals surface area contributed by atoms with Gasteiger partial charge in [-0.3, -0.25) is 0 Å². The van der Waals surface area contributed by atoms with Crippen molar-refractivity contribution in [3.63, 3.8) is 0 Å². The average Bonchev–Trinajstić information content (AvgIpc) is 2.66. The Morgan fingerprint density at radius 1 is 1.53 bits per heavy atom. The third-order valence-corrected chi connectivity index (χ3v) is 6.26. The summed E-state index contributed by atoms with van der Waals surface area (Å²) < 4.78 is 26.9. The average molecular weight is 317 g/mol. The number of hydrogen-bond acceptors (Lipinski definition) is 4. The second-order valence-corrected chi connectivity index (χ2v) is 7.56. The van der Waals surface area contributed by atoms with E-state index in [1.54, 1.807) is 12.1 Å². The number of hydrogen-bond donors (Lipinski definition) is 1. The first-order chi connectivity index (χ1) is 7.51. The van der Waals surface area contributed by atoms with E-state index in [4.69, 9.17) is 11.6 Å². The van der Waals surface area contributed by atoms with E-state index in [2.05, 4.69) is 5.32 Å². The monoisotopic (exact) mass is 316 g/mol. The largest absolute Gasteiger partial charge is 0.314 e. The van der Waals surface area contributed by atoms with Crippen molar-refractivity contribution in [3.05, 3.63) is 16.5 Å². The highest BCUT2D eigenvalue weighted by Gasteiger charge is 2.31. The van der Waals surface area contributed by atoms with Crippen molar-refractivity contribution >= 4 is 45.4 Å². The molecule has 2 rings (SSSR count). The molecule has 0 aliphatic carbocycles. The minimum Gasteiger partial charge on any atom is -0.314 e. The molecule has 1 aromatic heterocycles. The van der Waals surface area contributed by atoms with Crippen molar-refractivity contribution in [2.75, 3.05) is 19.6 Å². The fraction of sp³-hybridized carbons (Fsp3) is 0.556. The van der Waals surface area contributed by atoms with E-state index in [1.165, 1.54) is 4.31 Å². The van der Waals surface area contributed by atoms with Crippen LogP contribution in [-0.4, -0.2) is 38.4 Å². The third-order valence-electron chi connectivity index (χ3n) is 2.55. The first-order valence-corrected chi connectivity index (χ1v) is 7.63. The molecule has 0 spiro atoms. The molecule has 1 aromatic rings. The molecule has 1 saturated heterocycles. The lowest BCUT2D eigenvalue weighted by atomic mass is 10.3. The van der Waals surface area contributed by atoms with Gasteiger partial charge in [0.15, 0.2) is 0 Å². The molecule has 17 heavy (non-hydrogen) atoms. The van der Waals surface area contributed by atoms with Gasteiger partial charge in [-0.25, -0.2) is 8.42 Å². The number of nitrogens with one attached hydrogen (secondary N) is 1. The van der Waals surface area contributed by atoms with Crippen LogP contribution in [0.1, 0.15) is 6.92 Å². The van der Waals surface area contributed by atoms with Gasteiger partial charge in [0.05, 0.1) is 4.34 Å². The lowest BCUT2D eigenvalue weighted by molar-refractivity contribution is 0.284. The summed E-state index contributed by atoms with van der Waals surface area (Å²) in [6.45, 7) is 3.80. The smallest absolute Gasteiger partial charge is 0.252 e. The predicted molar refractivity (Wildman–Crippen MR) is 72.8 cm³/mol. The number of halogens is 2. The highest BCUT2D eigenvalue weighted by molar-refractivity contribution is 7.91. The van der Waals surface area contributed by atoms with Gasteiger partial charge < -0.3 is 5.32 Å². The second-order valence-electron chi connectivity index (χ2n) is 3.73. The van der Waals surface area contributed by atoms with Crippen molar-refractivity contribution in [2.45, 2.75) is 17.2 Å². The Balaban J connectivity index is 0.00000144. The van der Waals surface area contributed by atoms with Crippen LogP contribution in [0.15, 0.2) is 16.3 Å². The Labute approximate surface area is 116 Å². The molecule has 0 aromatic carbocycles. The minimum absolute atomic E-state index is 0. The molecule has 0 saturated carbocycles. The fourth-order valence-corrected chi connectivity index (χ4v) is 4.97. The molecule has 1 aliphatic rings. The summed E-state index contributed by atoms with van der Waals surface area (Å²) in [7, 11) is -3.36. The van der Waals surface area contributed by atoms with Crippen molar-refractivity contribution in [1.29, 1.82) is 0 Å². The molecule has 2 heterocycles. The maximum atomic E-state index is 12.3. The summed E-state index contributed by atoms with van der Waals surface area (Å²) in [4.78, 5) is 0. The normalized spacial score (nSPS) is 22.1. The molecule has 8 heteroatoms. The maximum Gasteiger partial charge on any atom is 0.252 e. The Morgan fingerprint density at radius 3 is 2.76 bits per heavy atom. The number of nitrogens with zero attached hydrogens (tertiary/aromatic N) is 1. The topological polar surface area (TPSA) is 49.4 Å². The zero-order valence-corrected chi connectivity index (χ0v) is 12.4.